The van der Waals surface area contributed by atoms with Gasteiger partial charge in [-0.05, 0) is 44.6 Å². The molecule has 3 rings (SSSR count). The number of hydrogen-bond acceptors (Lipinski definition) is 2. The van der Waals surface area contributed by atoms with Gasteiger partial charge in [0.15, 0.2) is 0 Å². The standard InChI is InChI=1S/C14H17Cl2N3/c1-9-11(16)3-4-12-14(9)19(13(7-15)17-12)10-5-6-18(2)8-10/h3-4,10H,5-8H2,1-2H3. The predicted molar refractivity (Wildman–Crippen MR) is 80.2 cm³/mol. The molecular formula is C14H17Cl2N3. The normalized spacial score (nSPS) is 20.5. The molecule has 1 aliphatic heterocycles. The third-order valence-electron chi connectivity index (χ3n) is 3.96. The first kappa shape index (κ1) is 13.2. The molecule has 0 aliphatic carbocycles. The van der Waals surface area contributed by atoms with E-state index in [0.29, 0.717) is 11.9 Å². The largest absolute Gasteiger partial charge is 0.322 e. The third kappa shape index (κ3) is 2.14. The molecule has 1 saturated heterocycles. The van der Waals surface area contributed by atoms with Gasteiger partial charge in [0, 0.05) is 17.6 Å². The molecule has 1 aromatic carbocycles. The minimum Gasteiger partial charge on any atom is -0.322 e. The van der Waals surface area contributed by atoms with Gasteiger partial charge in [-0.25, -0.2) is 4.98 Å². The fourth-order valence-electron chi connectivity index (χ4n) is 2.99. The van der Waals surface area contributed by atoms with Crippen molar-refractivity contribution in [2.45, 2.75) is 25.3 Å². The Bertz CT molecular complexity index is 621. The Morgan fingerprint density at radius 2 is 2.21 bits per heavy atom. The average Bonchev–Trinajstić information content (AvgIpc) is 2.97. The average molecular weight is 298 g/mol. The van der Waals surface area contributed by atoms with Crippen LogP contribution in [-0.4, -0.2) is 34.6 Å². The molecule has 2 aromatic rings. The van der Waals surface area contributed by atoms with Gasteiger partial charge in [-0.2, -0.15) is 0 Å². The summed E-state index contributed by atoms with van der Waals surface area (Å²) in [7, 11) is 2.15. The smallest absolute Gasteiger partial charge is 0.125 e. The number of rotatable bonds is 2. The van der Waals surface area contributed by atoms with Gasteiger partial charge in [-0.1, -0.05) is 11.6 Å². The van der Waals surface area contributed by atoms with Gasteiger partial charge in [0.05, 0.1) is 16.9 Å². The lowest BCUT2D eigenvalue weighted by Gasteiger charge is -2.17. The molecule has 0 spiro atoms. The summed E-state index contributed by atoms with van der Waals surface area (Å²) in [6.45, 7) is 4.21. The van der Waals surface area contributed by atoms with Crippen molar-refractivity contribution in [1.29, 1.82) is 0 Å². The molecule has 102 valence electrons. The highest BCUT2D eigenvalue weighted by molar-refractivity contribution is 6.32. The Labute approximate surface area is 123 Å². The van der Waals surface area contributed by atoms with Crippen molar-refractivity contribution in [2.75, 3.05) is 20.1 Å². The molecule has 3 nitrogen and oxygen atoms in total. The number of likely N-dealkylation sites (tertiary alicyclic amines) is 1. The fourth-order valence-corrected chi connectivity index (χ4v) is 3.33. The molecule has 1 aliphatic rings. The lowest BCUT2D eigenvalue weighted by Crippen LogP contribution is -2.17. The van der Waals surface area contributed by atoms with Crippen LogP contribution in [0.15, 0.2) is 12.1 Å². The number of likely N-dealkylation sites (N-methyl/N-ethyl adjacent to an activating group) is 1. The van der Waals surface area contributed by atoms with Crippen molar-refractivity contribution in [3.8, 4) is 0 Å². The van der Waals surface area contributed by atoms with E-state index in [1.165, 1.54) is 0 Å². The zero-order valence-corrected chi connectivity index (χ0v) is 12.7. The van der Waals surface area contributed by atoms with E-state index in [1.807, 2.05) is 12.1 Å². The number of nitrogens with zero attached hydrogens (tertiary/aromatic N) is 3. The second-order valence-electron chi connectivity index (χ2n) is 5.28. The van der Waals surface area contributed by atoms with E-state index in [9.17, 15) is 0 Å². The lowest BCUT2D eigenvalue weighted by atomic mass is 10.1. The maximum atomic E-state index is 6.26. The maximum absolute atomic E-state index is 6.26. The Morgan fingerprint density at radius 1 is 1.42 bits per heavy atom. The molecule has 0 N–H and O–H groups in total. The molecule has 1 aromatic heterocycles. The molecule has 5 heteroatoms. The van der Waals surface area contributed by atoms with E-state index in [0.717, 1.165) is 47.0 Å². The van der Waals surface area contributed by atoms with Crippen molar-refractivity contribution < 1.29 is 0 Å². The Balaban J connectivity index is 2.22. The van der Waals surface area contributed by atoms with Crippen LogP contribution in [0, 0.1) is 6.92 Å². The molecule has 1 unspecified atom stereocenters. The first-order valence-corrected chi connectivity index (χ1v) is 7.43. The second-order valence-corrected chi connectivity index (χ2v) is 5.95. The minimum absolute atomic E-state index is 0.436. The van der Waals surface area contributed by atoms with E-state index >= 15 is 0 Å². The number of imidazole rings is 1. The molecule has 19 heavy (non-hydrogen) atoms. The van der Waals surface area contributed by atoms with Gasteiger partial charge in [-0.15, -0.1) is 11.6 Å². The van der Waals surface area contributed by atoms with Crippen molar-refractivity contribution in [2.24, 2.45) is 0 Å². The molecule has 0 radical (unpaired) electrons. The summed E-state index contributed by atoms with van der Waals surface area (Å²) in [4.78, 5) is 7.00. The molecule has 0 saturated carbocycles. The minimum atomic E-state index is 0.436. The van der Waals surface area contributed by atoms with Gasteiger partial charge in [0.1, 0.15) is 5.82 Å². The van der Waals surface area contributed by atoms with Gasteiger partial charge in [0.25, 0.3) is 0 Å². The van der Waals surface area contributed by atoms with Crippen LogP contribution in [-0.2, 0) is 5.88 Å². The number of benzene rings is 1. The van der Waals surface area contributed by atoms with Crippen LogP contribution in [0.2, 0.25) is 5.02 Å². The number of halogens is 2. The summed E-state index contributed by atoms with van der Waals surface area (Å²) >= 11 is 12.3. The molecule has 0 bridgehead atoms. The fraction of sp³-hybridized carbons (Fsp3) is 0.500. The lowest BCUT2D eigenvalue weighted by molar-refractivity contribution is 0.393. The quantitative estimate of drug-likeness (QED) is 0.790. The number of aromatic nitrogens is 2. The Morgan fingerprint density at radius 3 is 2.84 bits per heavy atom. The highest BCUT2D eigenvalue weighted by Crippen LogP contribution is 2.32. The molecule has 1 atom stereocenters. The van der Waals surface area contributed by atoms with E-state index in [4.69, 9.17) is 23.2 Å². The van der Waals surface area contributed by atoms with E-state index in [2.05, 4.69) is 28.4 Å². The van der Waals surface area contributed by atoms with Crippen LogP contribution in [0.4, 0.5) is 0 Å². The van der Waals surface area contributed by atoms with Gasteiger partial charge in [0.2, 0.25) is 0 Å². The highest BCUT2D eigenvalue weighted by atomic mass is 35.5. The van der Waals surface area contributed by atoms with E-state index in [-0.39, 0.29) is 0 Å². The van der Waals surface area contributed by atoms with Crippen molar-refractivity contribution in [1.82, 2.24) is 14.5 Å². The maximum Gasteiger partial charge on any atom is 0.125 e. The van der Waals surface area contributed by atoms with Gasteiger partial charge >= 0.3 is 0 Å². The van der Waals surface area contributed by atoms with Crippen molar-refractivity contribution in [3.63, 3.8) is 0 Å². The van der Waals surface area contributed by atoms with Gasteiger partial charge < -0.3 is 9.47 Å². The van der Waals surface area contributed by atoms with Gasteiger partial charge in [-0.3, -0.25) is 0 Å². The van der Waals surface area contributed by atoms with Crippen LogP contribution in [0.25, 0.3) is 11.0 Å². The van der Waals surface area contributed by atoms with Crippen LogP contribution in [0.1, 0.15) is 23.9 Å². The second kappa shape index (κ2) is 4.97. The van der Waals surface area contributed by atoms with Crippen LogP contribution in [0.3, 0.4) is 0 Å². The van der Waals surface area contributed by atoms with E-state index < -0.39 is 0 Å². The van der Waals surface area contributed by atoms with Crippen molar-refractivity contribution >= 4 is 34.2 Å². The summed E-state index contributed by atoms with van der Waals surface area (Å²) in [6, 6.07) is 4.34. The summed E-state index contributed by atoms with van der Waals surface area (Å²) < 4.78 is 2.30. The summed E-state index contributed by atoms with van der Waals surface area (Å²) in [5.41, 5.74) is 3.23. The first-order chi connectivity index (χ1) is 9.11. The summed E-state index contributed by atoms with van der Waals surface area (Å²) in [6.07, 6.45) is 1.14. The van der Waals surface area contributed by atoms with Crippen molar-refractivity contribution in [3.05, 3.63) is 28.5 Å². The zero-order valence-electron chi connectivity index (χ0n) is 11.2. The number of alkyl halides is 1. The van der Waals surface area contributed by atoms with Crippen LogP contribution in [0.5, 0.6) is 0 Å². The molecule has 0 amide bonds. The predicted octanol–water partition coefficient (Wildman–Crippen LogP) is 3.61. The zero-order chi connectivity index (χ0) is 13.6. The third-order valence-corrected chi connectivity index (χ3v) is 4.61. The number of hydrogen-bond donors (Lipinski definition) is 0. The Hall–Kier alpha value is -0.770. The summed E-state index contributed by atoms with van der Waals surface area (Å²) in [5.74, 6) is 1.38. The highest BCUT2D eigenvalue weighted by Gasteiger charge is 2.26. The van der Waals surface area contributed by atoms with E-state index in [1.54, 1.807) is 0 Å². The topological polar surface area (TPSA) is 21.1 Å². The number of aryl methyl sites for hydroxylation is 1. The molecular weight excluding hydrogens is 281 g/mol. The number of fused-ring (bicyclic) bond motifs is 1. The SMILES string of the molecule is Cc1c(Cl)ccc2nc(CCl)n(C3CCN(C)C3)c12. The monoisotopic (exact) mass is 297 g/mol. The summed E-state index contributed by atoms with van der Waals surface area (Å²) in [5, 5.41) is 0.793. The van der Waals surface area contributed by atoms with Crippen LogP contribution >= 0.6 is 23.2 Å². The first-order valence-electron chi connectivity index (χ1n) is 6.52. The van der Waals surface area contributed by atoms with Crippen LogP contribution < -0.4 is 0 Å². The molecule has 2 heterocycles. The Kier molecular flexibility index (Phi) is 3.46. The molecule has 1 fully saturated rings.